The lowest BCUT2D eigenvalue weighted by Crippen LogP contribution is -2.53. The van der Waals surface area contributed by atoms with E-state index in [4.69, 9.17) is 14.2 Å². The van der Waals surface area contributed by atoms with Crippen LogP contribution >= 0.6 is 0 Å². The average molecular weight is 562 g/mol. The number of carbonyl (C=O) groups is 2. The number of amides is 2. The van der Waals surface area contributed by atoms with Crippen molar-refractivity contribution in [2.75, 3.05) is 38.4 Å². The highest BCUT2D eigenvalue weighted by molar-refractivity contribution is 7.92. The topological polar surface area (TPSA) is 114 Å². The van der Waals surface area contributed by atoms with Crippen LogP contribution in [0.25, 0.3) is 0 Å². The van der Waals surface area contributed by atoms with Gasteiger partial charge in [0.1, 0.15) is 29.8 Å². The molecule has 0 radical (unpaired) electrons. The first-order chi connectivity index (χ1) is 18.6. The third kappa shape index (κ3) is 7.78. The van der Waals surface area contributed by atoms with E-state index in [0.717, 1.165) is 41.8 Å². The summed E-state index contributed by atoms with van der Waals surface area (Å²) in [4.78, 5) is 28.8. The monoisotopic (exact) mass is 561 g/mol. The maximum absolute atomic E-state index is 13.9. The predicted molar refractivity (Wildman–Crippen MR) is 150 cm³/mol. The summed E-state index contributed by atoms with van der Waals surface area (Å²) in [5, 5.41) is 3.10. The zero-order valence-electron chi connectivity index (χ0n) is 23.3. The molecule has 0 unspecified atom stereocenters. The molecule has 0 saturated heterocycles. The molecule has 2 aromatic rings. The lowest BCUT2D eigenvalue weighted by Gasteiger charge is -2.33. The van der Waals surface area contributed by atoms with Crippen LogP contribution in [0.2, 0.25) is 0 Å². The van der Waals surface area contributed by atoms with E-state index < -0.39 is 28.5 Å². The molecule has 1 atom stereocenters. The van der Waals surface area contributed by atoms with Crippen molar-refractivity contribution in [3.63, 3.8) is 0 Å². The molecule has 11 heteroatoms. The van der Waals surface area contributed by atoms with Gasteiger partial charge in [-0.05, 0) is 49.1 Å². The number of hydrogen-bond donors (Lipinski definition) is 1. The molecule has 3 rings (SSSR count). The van der Waals surface area contributed by atoms with Gasteiger partial charge in [-0.3, -0.25) is 13.9 Å². The summed E-state index contributed by atoms with van der Waals surface area (Å²) in [6.45, 7) is 1.44. The fourth-order valence-corrected chi connectivity index (χ4v) is 5.65. The number of nitrogens with one attached hydrogen (secondary N) is 1. The molecule has 214 valence electrons. The van der Waals surface area contributed by atoms with Crippen molar-refractivity contribution in [2.24, 2.45) is 0 Å². The number of ether oxygens (including phenoxy) is 3. The molecular weight excluding hydrogens is 522 g/mol. The highest BCUT2D eigenvalue weighted by Gasteiger charge is 2.33. The second-order valence-electron chi connectivity index (χ2n) is 9.59. The quantitative estimate of drug-likeness (QED) is 0.399. The first-order valence-corrected chi connectivity index (χ1v) is 14.9. The van der Waals surface area contributed by atoms with Crippen LogP contribution in [0.5, 0.6) is 17.2 Å². The van der Waals surface area contributed by atoms with Crippen molar-refractivity contribution >= 4 is 27.5 Å². The Balaban J connectivity index is 1.98. The minimum Gasteiger partial charge on any atom is -0.497 e. The van der Waals surface area contributed by atoms with E-state index in [-0.39, 0.29) is 29.9 Å². The molecule has 0 heterocycles. The average Bonchev–Trinajstić information content (AvgIpc) is 3.43. The Morgan fingerprint density at radius 3 is 2.13 bits per heavy atom. The maximum Gasteiger partial charge on any atom is 0.244 e. The third-order valence-electron chi connectivity index (χ3n) is 6.93. The van der Waals surface area contributed by atoms with Crippen LogP contribution < -0.4 is 23.8 Å². The van der Waals surface area contributed by atoms with Crippen LogP contribution in [0.3, 0.4) is 0 Å². The number of benzene rings is 2. The van der Waals surface area contributed by atoms with E-state index in [1.807, 2.05) is 19.1 Å². The van der Waals surface area contributed by atoms with Gasteiger partial charge < -0.3 is 24.4 Å². The molecule has 0 bridgehead atoms. The standard InChI is InChI=1S/C28H39N3O7S/c1-6-24(28(33)29-21-9-7-8-10-21)30(18-20-11-13-22(36-2)14-12-20)27(32)19-31(39(5,34)35)25-17-23(37-3)15-16-26(25)38-4/h11-17,21,24H,6-10,18-19H2,1-5H3,(H,29,33)/t24-/m0/s1. The predicted octanol–water partition coefficient (Wildman–Crippen LogP) is 3.34. The van der Waals surface area contributed by atoms with E-state index >= 15 is 0 Å². The number of anilines is 1. The van der Waals surface area contributed by atoms with Crippen molar-refractivity contribution in [2.45, 2.75) is 57.7 Å². The molecule has 39 heavy (non-hydrogen) atoms. The van der Waals surface area contributed by atoms with E-state index in [1.165, 1.54) is 25.2 Å². The summed E-state index contributed by atoms with van der Waals surface area (Å²) in [5.74, 6) is 0.577. The molecule has 0 aliphatic heterocycles. The van der Waals surface area contributed by atoms with Crippen LogP contribution in [-0.2, 0) is 26.2 Å². The Kier molecular flexibility index (Phi) is 10.4. The van der Waals surface area contributed by atoms with Gasteiger partial charge in [-0.15, -0.1) is 0 Å². The number of nitrogens with zero attached hydrogens (tertiary/aromatic N) is 2. The van der Waals surface area contributed by atoms with Crippen molar-refractivity contribution in [1.29, 1.82) is 0 Å². The first kappa shape index (κ1) is 30.1. The number of methoxy groups -OCH3 is 3. The van der Waals surface area contributed by atoms with Gasteiger partial charge in [0.2, 0.25) is 21.8 Å². The second kappa shape index (κ2) is 13.5. The van der Waals surface area contributed by atoms with Crippen LogP contribution in [-0.4, -0.2) is 71.3 Å². The van der Waals surface area contributed by atoms with Crippen LogP contribution in [0.1, 0.15) is 44.6 Å². The number of sulfonamides is 1. The normalized spacial score (nSPS) is 14.4. The van der Waals surface area contributed by atoms with E-state index in [0.29, 0.717) is 17.9 Å². The van der Waals surface area contributed by atoms with Gasteiger partial charge in [-0.2, -0.15) is 0 Å². The highest BCUT2D eigenvalue weighted by Crippen LogP contribution is 2.34. The third-order valence-corrected chi connectivity index (χ3v) is 8.06. The van der Waals surface area contributed by atoms with Gasteiger partial charge in [-0.1, -0.05) is 31.9 Å². The smallest absolute Gasteiger partial charge is 0.244 e. The molecule has 2 aromatic carbocycles. The number of carbonyl (C=O) groups excluding carboxylic acids is 2. The molecule has 0 aromatic heterocycles. The molecule has 1 aliphatic carbocycles. The van der Waals surface area contributed by atoms with Crippen molar-refractivity contribution < 1.29 is 32.2 Å². The van der Waals surface area contributed by atoms with Gasteiger partial charge in [0.05, 0.1) is 33.3 Å². The summed E-state index contributed by atoms with van der Waals surface area (Å²) in [6, 6.07) is 11.2. The minimum atomic E-state index is -3.92. The molecular formula is C28H39N3O7S. The Hall–Kier alpha value is -3.47. The van der Waals surface area contributed by atoms with Gasteiger partial charge in [-0.25, -0.2) is 8.42 Å². The summed E-state index contributed by atoms with van der Waals surface area (Å²) in [6.07, 6.45) is 5.32. The van der Waals surface area contributed by atoms with E-state index in [1.54, 1.807) is 31.4 Å². The summed E-state index contributed by atoms with van der Waals surface area (Å²) >= 11 is 0. The van der Waals surface area contributed by atoms with Gasteiger partial charge in [0.25, 0.3) is 0 Å². The Labute approximate surface area is 231 Å². The second-order valence-corrected chi connectivity index (χ2v) is 11.5. The lowest BCUT2D eigenvalue weighted by molar-refractivity contribution is -0.140. The van der Waals surface area contributed by atoms with Crippen molar-refractivity contribution in [3.05, 3.63) is 48.0 Å². The van der Waals surface area contributed by atoms with E-state index in [2.05, 4.69) is 5.32 Å². The molecule has 10 nitrogen and oxygen atoms in total. The highest BCUT2D eigenvalue weighted by atomic mass is 32.2. The van der Waals surface area contributed by atoms with Gasteiger partial charge >= 0.3 is 0 Å². The van der Waals surface area contributed by atoms with Crippen molar-refractivity contribution in [3.8, 4) is 17.2 Å². The molecule has 0 spiro atoms. The molecule has 1 N–H and O–H groups in total. The maximum atomic E-state index is 13.9. The first-order valence-electron chi connectivity index (χ1n) is 13.0. The molecule has 1 saturated carbocycles. The summed E-state index contributed by atoms with van der Waals surface area (Å²) < 4.78 is 42.8. The van der Waals surface area contributed by atoms with Gasteiger partial charge in [0, 0.05) is 18.7 Å². The molecule has 1 fully saturated rings. The number of hydrogen-bond acceptors (Lipinski definition) is 7. The van der Waals surface area contributed by atoms with E-state index in [9.17, 15) is 18.0 Å². The van der Waals surface area contributed by atoms with Crippen LogP contribution in [0.15, 0.2) is 42.5 Å². The number of rotatable bonds is 13. The zero-order valence-corrected chi connectivity index (χ0v) is 24.1. The van der Waals surface area contributed by atoms with Crippen molar-refractivity contribution in [1.82, 2.24) is 10.2 Å². The van der Waals surface area contributed by atoms with Crippen LogP contribution in [0.4, 0.5) is 5.69 Å². The fraction of sp³-hybridized carbons (Fsp3) is 0.500. The lowest BCUT2D eigenvalue weighted by atomic mass is 10.1. The SMILES string of the molecule is CC[C@@H](C(=O)NC1CCCC1)N(Cc1ccc(OC)cc1)C(=O)CN(c1cc(OC)ccc1OC)S(C)(=O)=O. The Bertz CT molecular complexity index is 1230. The Morgan fingerprint density at radius 2 is 1.59 bits per heavy atom. The molecule has 1 aliphatic rings. The Morgan fingerprint density at radius 1 is 0.974 bits per heavy atom. The van der Waals surface area contributed by atoms with Gasteiger partial charge in [0.15, 0.2) is 0 Å². The zero-order chi connectivity index (χ0) is 28.6. The summed E-state index contributed by atoms with van der Waals surface area (Å²) in [5.41, 5.74) is 0.946. The van der Waals surface area contributed by atoms with Crippen LogP contribution in [0, 0.1) is 0 Å². The fourth-order valence-electron chi connectivity index (χ4n) is 4.80. The largest absolute Gasteiger partial charge is 0.497 e. The minimum absolute atomic E-state index is 0.0815. The summed E-state index contributed by atoms with van der Waals surface area (Å²) in [7, 11) is 0.529. The molecule has 2 amide bonds.